The van der Waals surface area contributed by atoms with Crippen LogP contribution in [0.5, 0.6) is 0 Å². The number of aryl methyl sites for hydroxylation is 2. The van der Waals surface area contributed by atoms with Gasteiger partial charge in [-0.25, -0.2) is 4.98 Å². The molecule has 27 heavy (non-hydrogen) atoms. The van der Waals surface area contributed by atoms with Crippen LogP contribution >= 0.6 is 0 Å². The lowest BCUT2D eigenvalue weighted by Gasteiger charge is -2.35. The second-order valence-electron chi connectivity index (χ2n) is 7.34. The number of benzene rings is 1. The Hall–Kier alpha value is -2.44. The van der Waals surface area contributed by atoms with E-state index in [1.165, 1.54) is 17.5 Å². The molecule has 0 saturated carbocycles. The molecule has 1 aliphatic carbocycles. The monoisotopic (exact) mass is 366 g/mol. The number of morpholine rings is 1. The molecular weight excluding hydrogens is 340 g/mol. The van der Waals surface area contributed by atoms with Crippen molar-refractivity contribution in [3.63, 3.8) is 0 Å². The maximum atomic E-state index is 12.6. The van der Waals surface area contributed by atoms with Crippen LogP contribution in [0, 0.1) is 0 Å². The van der Waals surface area contributed by atoms with E-state index < -0.39 is 0 Å². The van der Waals surface area contributed by atoms with E-state index in [2.05, 4.69) is 27.3 Å². The lowest BCUT2D eigenvalue weighted by molar-refractivity contribution is -0.119. The minimum Gasteiger partial charge on any atom is -0.383 e. The first-order valence-electron chi connectivity index (χ1n) is 9.62. The number of carbonyl (C=O) groups is 1. The van der Waals surface area contributed by atoms with E-state index in [0.717, 1.165) is 30.6 Å². The molecule has 1 atom stereocenters. The molecule has 1 amide bonds. The van der Waals surface area contributed by atoms with Crippen molar-refractivity contribution >= 4 is 17.4 Å². The Labute approximate surface area is 159 Å². The van der Waals surface area contributed by atoms with Gasteiger partial charge in [0.15, 0.2) is 0 Å². The van der Waals surface area contributed by atoms with Gasteiger partial charge in [0.2, 0.25) is 5.91 Å². The summed E-state index contributed by atoms with van der Waals surface area (Å²) in [6.07, 6.45) is 5.56. The third-order valence-corrected chi connectivity index (χ3v) is 5.45. The van der Waals surface area contributed by atoms with Gasteiger partial charge in [0, 0.05) is 43.0 Å². The van der Waals surface area contributed by atoms with Gasteiger partial charge < -0.3 is 15.8 Å². The Bertz CT molecular complexity index is 824. The molecule has 6 nitrogen and oxygen atoms in total. The van der Waals surface area contributed by atoms with Crippen molar-refractivity contribution in [1.29, 1.82) is 0 Å². The number of pyridine rings is 1. The van der Waals surface area contributed by atoms with Gasteiger partial charge >= 0.3 is 0 Å². The number of amides is 1. The Morgan fingerprint density at radius 1 is 1.30 bits per heavy atom. The summed E-state index contributed by atoms with van der Waals surface area (Å²) in [6, 6.07) is 10.2. The molecule has 6 heteroatoms. The minimum atomic E-state index is 0.0209. The lowest BCUT2D eigenvalue weighted by atomic mass is 10.1. The number of fused-ring (bicyclic) bond motifs is 1. The predicted molar refractivity (Wildman–Crippen MR) is 105 cm³/mol. The number of nitrogens with one attached hydrogen (secondary N) is 1. The molecule has 2 heterocycles. The normalized spacial score (nSPS) is 19.6. The maximum Gasteiger partial charge on any atom is 0.226 e. The summed E-state index contributed by atoms with van der Waals surface area (Å²) in [4.78, 5) is 19.0. The number of nitrogen functional groups attached to an aromatic ring is 1. The standard InChI is InChI=1S/C21H26N4O2/c22-21-17(5-2-8-23-21)13-25-9-10-27-14-19(25)12-20(26)24-18-7-6-15-3-1-4-16(15)11-18/h2,5-8,11,19H,1,3-4,9-10,12-14H2,(H2,22,23)(H,24,26)/t19-/m1/s1. The third kappa shape index (κ3) is 4.28. The van der Waals surface area contributed by atoms with Gasteiger partial charge in [0.05, 0.1) is 13.2 Å². The van der Waals surface area contributed by atoms with Gasteiger partial charge in [-0.1, -0.05) is 12.1 Å². The summed E-state index contributed by atoms with van der Waals surface area (Å²) in [5.74, 6) is 0.568. The van der Waals surface area contributed by atoms with E-state index in [0.29, 0.717) is 32.0 Å². The van der Waals surface area contributed by atoms with Gasteiger partial charge in [0.25, 0.3) is 0 Å². The van der Waals surface area contributed by atoms with Gasteiger partial charge in [-0.15, -0.1) is 0 Å². The van der Waals surface area contributed by atoms with Crippen molar-refractivity contribution in [3.05, 3.63) is 53.2 Å². The van der Waals surface area contributed by atoms with Crippen LogP contribution in [-0.4, -0.2) is 41.6 Å². The average molecular weight is 366 g/mol. The van der Waals surface area contributed by atoms with Crippen LogP contribution in [0.1, 0.15) is 29.5 Å². The molecule has 1 aromatic carbocycles. The van der Waals surface area contributed by atoms with Gasteiger partial charge in [0.1, 0.15) is 5.82 Å². The van der Waals surface area contributed by atoms with E-state index in [9.17, 15) is 4.79 Å². The zero-order chi connectivity index (χ0) is 18.6. The van der Waals surface area contributed by atoms with Gasteiger partial charge in [-0.05, 0) is 48.6 Å². The summed E-state index contributed by atoms with van der Waals surface area (Å²) >= 11 is 0. The summed E-state index contributed by atoms with van der Waals surface area (Å²) < 4.78 is 5.62. The highest BCUT2D eigenvalue weighted by molar-refractivity contribution is 5.91. The number of rotatable bonds is 5. The molecule has 3 N–H and O–H groups in total. The van der Waals surface area contributed by atoms with Crippen molar-refractivity contribution in [2.45, 2.75) is 38.3 Å². The number of hydrogen-bond donors (Lipinski definition) is 2. The highest BCUT2D eigenvalue weighted by Gasteiger charge is 2.26. The van der Waals surface area contributed by atoms with Crippen LogP contribution in [0.15, 0.2) is 36.5 Å². The summed E-state index contributed by atoms with van der Waals surface area (Å²) in [5.41, 5.74) is 10.6. The second kappa shape index (κ2) is 8.06. The second-order valence-corrected chi connectivity index (χ2v) is 7.34. The van der Waals surface area contributed by atoms with E-state index >= 15 is 0 Å². The first-order valence-corrected chi connectivity index (χ1v) is 9.62. The van der Waals surface area contributed by atoms with Crippen LogP contribution < -0.4 is 11.1 Å². The molecule has 2 aliphatic rings. The smallest absolute Gasteiger partial charge is 0.226 e. The predicted octanol–water partition coefficient (Wildman–Crippen LogP) is 2.38. The number of carbonyl (C=O) groups excluding carboxylic acids is 1. The molecular formula is C21H26N4O2. The largest absolute Gasteiger partial charge is 0.383 e. The quantitative estimate of drug-likeness (QED) is 0.849. The molecule has 0 spiro atoms. The molecule has 2 aromatic rings. The molecule has 1 aliphatic heterocycles. The Morgan fingerprint density at radius 2 is 2.19 bits per heavy atom. The average Bonchev–Trinajstić information content (AvgIpc) is 3.13. The lowest BCUT2D eigenvalue weighted by Crippen LogP contribution is -2.46. The fourth-order valence-electron chi connectivity index (χ4n) is 3.96. The molecule has 142 valence electrons. The Balaban J connectivity index is 1.39. The van der Waals surface area contributed by atoms with Crippen LogP contribution in [0.3, 0.4) is 0 Å². The molecule has 4 rings (SSSR count). The Morgan fingerprint density at radius 3 is 3.07 bits per heavy atom. The first kappa shape index (κ1) is 17.9. The van der Waals surface area contributed by atoms with E-state index in [-0.39, 0.29) is 11.9 Å². The van der Waals surface area contributed by atoms with Crippen LogP contribution in [0.25, 0.3) is 0 Å². The molecule has 0 bridgehead atoms. The summed E-state index contributed by atoms with van der Waals surface area (Å²) in [5, 5.41) is 3.06. The summed E-state index contributed by atoms with van der Waals surface area (Å²) in [6.45, 7) is 2.69. The van der Waals surface area contributed by atoms with E-state index in [1.807, 2.05) is 18.2 Å². The van der Waals surface area contributed by atoms with Crippen LogP contribution in [0.2, 0.25) is 0 Å². The topological polar surface area (TPSA) is 80.5 Å². The zero-order valence-corrected chi connectivity index (χ0v) is 15.5. The third-order valence-electron chi connectivity index (χ3n) is 5.45. The molecule has 0 radical (unpaired) electrons. The fraction of sp³-hybridized carbons (Fsp3) is 0.429. The van der Waals surface area contributed by atoms with Crippen molar-refractivity contribution in [2.24, 2.45) is 0 Å². The van der Waals surface area contributed by atoms with Crippen molar-refractivity contribution < 1.29 is 9.53 Å². The summed E-state index contributed by atoms with van der Waals surface area (Å²) in [7, 11) is 0. The van der Waals surface area contributed by atoms with Crippen LogP contribution in [0.4, 0.5) is 11.5 Å². The minimum absolute atomic E-state index is 0.0209. The number of nitrogens with zero attached hydrogens (tertiary/aromatic N) is 2. The zero-order valence-electron chi connectivity index (χ0n) is 15.5. The maximum absolute atomic E-state index is 12.6. The van der Waals surface area contributed by atoms with Crippen molar-refractivity contribution in [1.82, 2.24) is 9.88 Å². The van der Waals surface area contributed by atoms with Gasteiger partial charge in [-0.2, -0.15) is 0 Å². The van der Waals surface area contributed by atoms with Crippen LogP contribution in [-0.2, 0) is 28.9 Å². The van der Waals surface area contributed by atoms with Crippen molar-refractivity contribution in [2.75, 3.05) is 30.8 Å². The molecule has 1 fully saturated rings. The Kier molecular flexibility index (Phi) is 5.36. The molecule has 1 aromatic heterocycles. The van der Waals surface area contributed by atoms with Gasteiger partial charge in [-0.3, -0.25) is 9.69 Å². The van der Waals surface area contributed by atoms with E-state index in [1.54, 1.807) is 6.20 Å². The highest BCUT2D eigenvalue weighted by Crippen LogP contribution is 2.25. The molecule has 0 unspecified atom stereocenters. The number of hydrogen-bond acceptors (Lipinski definition) is 5. The number of nitrogens with two attached hydrogens (primary N) is 1. The fourth-order valence-corrected chi connectivity index (χ4v) is 3.96. The van der Waals surface area contributed by atoms with Crippen molar-refractivity contribution in [3.8, 4) is 0 Å². The first-order chi connectivity index (χ1) is 13.2. The highest BCUT2D eigenvalue weighted by atomic mass is 16.5. The SMILES string of the molecule is Nc1ncccc1CN1CCOC[C@H]1CC(=O)Nc1ccc2c(c1)CCC2. The molecule has 1 saturated heterocycles. The number of aromatic nitrogens is 1. The number of ether oxygens (including phenoxy) is 1. The van der Waals surface area contributed by atoms with E-state index in [4.69, 9.17) is 10.5 Å². The number of anilines is 2.